The standard InChI is InChI=1S/C28H27N3O5/c1-4-25(33)30-21-8-6-5-7-19(21)29-20-15-28(2,3)16-22(32)26(20)27(30)24-14-13-23(36-24)17-9-11-18(12-10-17)31(34)35/h5-14,27,29H,4,15-16H2,1-3H3/t27-/m0/s1. The number of allylic oxidation sites excluding steroid dienone is 1. The van der Waals surface area contributed by atoms with Crippen molar-refractivity contribution >= 4 is 28.8 Å². The zero-order valence-electron chi connectivity index (χ0n) is 20.4. The van der Waals surface area contributed by atoms with Gasteiger partial charge in [-0.05, 0) is 48.2 Å². The number of carbonyl (C=O) groups is 2. The van der Waals surface area contributed by atoms with Gasteiger partial charge in [-0.3, -0.25) is 24.6 Å². The van der Waals surface area contributed by atoms with Gasteiger partial charge >= 0.3 is 0 Å². The number of non-ortho nitro benzene ring substituents is 1. The van der Waals surface area contributed by atoms with Gasteiger partial charge in [-0.1, -0.05) is 32.9 Å². The number of fused-ring (bicyclic) bond motifs is 1. The van der Waals surface area contributed by atoms with E-state index in [-0.39, 0.29) is 29.2 Å². The number of ketones is 1. The van der Waals surface area contributed by atoms with E-state index in [1.54, 1.807) is 36.1 Å². The van der Waals surface area contributed by atoms with Gasteiger partial charge in [0.1, 0.15) is 17.6 Å². The molecule has 0 spiro atoms. The summed E-state index contributed by atoms with van der Waals surface area (Å²) >= 11 is 0. The van der Waals surface area contributed by atoms with Crippen LogP contribution in [0.25, 0.3) is 11.3 Å². The van der Waals surface area contributed by atoms with Crippen molar-refractivity contribution in [3.8, 4) is 11.3 Å². The Labute approximate surface area is 208 Å². The minimum atomic E-state index is -0.737. The van der Waals surface area contributed by atoms with Crippen molar-refractivity contribution in [1.82, 2.24) is 0 Å². The molecule has 0 saturated heterocycles. The van der Waals surface area contributed by atoms with Crippen LogP contribution in [0.4, 0.5) is 17.1 Å². The summed E-state index contributed by atoms with van der Waals surface area (Å²) in [6, 6.07) is 16.5. The van der Waals surface area contributed by atoms with Crippen LogP contribution >= 0.6 is 0 Å². The van der Waals surface area contributed by atoms with E-state index in [0.717, 1.165) is 11.4 Å². The number of hydrogen-bond donors (Lipinski definition) is 1. The van der Waals surface area contributed by atoms with Gasteiger partial charge in [0.15, 0.2) is 5.78 Å². The van der Waals surface area contributed by atoms with E-state index in [9.17, 15) is 19.7 Å². The minimum absolute atomic E-state index is 0.0121. The molecule has 1 amide bonds. The summed E-state index contributed by atoms with van der Waals surface area (Å²) < 4.78 is 6.28. The maximum absolute atomic E-state index is 13.6. The molecule has 2 heterocycles. The molecule has 0 fully saturated rings. The first-order valence-electron chi connectivity index (χ1n) is 12.0. The number of benzene rings is 2. The second-order valence-corrected chi connectivity index (χ2v) is 10.0. The maximum atomic E-state index is 13.6. The lowest BCUT2D eigenvalue weighted by molar-refractivity contribution is -0.384. The molecule has 2 aliphatic rings. The number of rotatable bonds is 4. The summed E-state index contributed by atoms with van der Waals surface area (Å²) in [5, 5.41) is 14.5. The molecule has 8 heteroatoms. The van der Waals surface area contributed by atoms with Gasteiger partial charge in [0, 0.05) is 41.8 Å². The average Bonchev–Trinajstić information content (AvgIpc) is 3.27. The van der Waals surface area contributed by atoms with Crippen molar-refractivity contribution in [3.05, 3.63) is 87.8 Å². The summed E-state index contributed by atoms with van der Waals surface area (Å²) in [5.74, 6) is 0.812. The van der Waals surface area contributed by atoms with Crippen molar-refractivity contribution in [2.24, 2.45) is 5.41 Å². The van der Waals surface area contributed by atoms with E-state index in [0.29, 0.717) is 41.2 Å². The Bertz CT molecular complexity index is 1400. The normalized spacial score (nSPS) is 18.7. The smallest absolute Gasteiger partial charge is 0.269 e. The lowest BCUT2D eigenvalue weighted by Gasteiger charge is -2.36. The molecule has 5 rings (SSSR count). The third kappa shape index (κ3) is 4.08. The maximum Gasteiger partial charge on any atom is 0.269 e. The van der Waals surface area contributed by atoms with Crippen molar-refractivity contribution in [1.29, 1.82) is 0 Å². The molecule has 1 aliphatic heterocycles. The Morgan fingerprint density at radius 1 is 1.11 bits per heavy atom. The Morgan fingerprint density at radius 3 is 2.53 bits per heavy atom. The van der Waals surface area contributed by atoms with Crippen molar-refractivity contribution < 1.29 is 18.9 Å². The van der Waals surface area contributed by atoms with Gasteiger partial charge in [-0.15, -0.1) is 0 Å². The van der Waals surface area contributed by atoms with E-state index >= 15 is 0 Å². The van der Waals surface area contributed by atoms with E-state index < -0.39 is 11.0 Å². The zero-order chi connectivity index (χ0) is 25.6. The van der Waals surface area contributed by atoms with Gasteiger partial charge in [0.2, 0.25) is 5.91 Å². The van der Waals surface area contributed by atoms with E-state index in [4.69, 9.17) is 4.42 Å². The Morgan fingerprint density at radius 2 is 1.83 bits per heavy atom. The molecular weight excluding hydrogens is 458 g/mol. The Balaban J connectivity index is 1.68. The average molecular weight is 486 g/mol. The van der Waals surface area contributed by atoms with Gasteiger partial charge in [-0.25, -0.2) is 0 Å². The quantitative estimate of drug-likeness (QED) is 0.338. The SMILES string of the molecule is CCC(=O)N1c2ccccc2NC2=C(C(=O)CC(C)(C)C2)[C@@H]1c1ccc(-c2ccc([N+](=O)[O-])cc2)o1. The van der Waals surface area contributed by atoms with Crippen LogP contribution in [-0.4, -0.2) is 16.6 Å². The predicted molar refractivity (Wildman–Crippen MR) is 136 cm³/mol. The first-order chi connectivity index (χ1) is 17.2. The van der Waals surface area contributed by atoms with E-state index in [2.05, 4.69) is 19.2 Å². The number of nitro benzene ring substituents is 1. The zero-order valence-corrected chi connectivity index (χ0v) is 20.4. The summed E-state index contributed by atoms with van der Waals surface area (Å²) in [4.78, 5) is 39.3. The van der Waals surface area contributed by atoms with Crippen molar-refractivity contribution in [3.63, 3.8) is 0 Å². The number of amides is 1. The summed E-state index contributed by atoms with van der Waals surface area (Å²) in [7, 11) is 0. The minimum Gasteiger partial charge on any atom is -0.459 e. The van der Waals surface area contributed by atoms with Crippen LogP contribution < -0.4 is 10.2 Å². The second-order valence-electron chi connectivity index (χ2n) is 10.0. The molecule has 0 bridgehead atoms. The fourth-order valence-electron chi connectivity index (χ4n) is 5.10. The molecule has 1 atom stereocenters. The summed E-state index contributed by atoms with van der Waals surface area (Å²) in [6.45, 7) is 5.93. The van der Waals surface area contributed by atoms with Crippen LogP contribution in [0, 0.1) is 15.5 Å². The monoisotopic (exact) mass is 485 g/mol. The van der Waals surface area contributed by atoms with Crippen LogP contribution in [0.5, 0.6) is 0 Å². The lowest BCUT2D eigenvalue weighted by Crippen LogP contribution is -2.39. The first-order valence-corrected chi connectivity index (χ1v) is 12.0. The molecule has 0 unspecified atom stereocenters. The molecule has 184 valence electrons. The van der Waals surface area contributed by atoms with Crippen molar-refractivity contribution in [2.45, 2.75) is 46.1 Å². The van der Waals surface area contributed by atoms with Gasteiger partial charge in [-0.2, -0.15) is 0 Å². The van der Waals surface area contributed by atoms with Gasteiger partial charge in [0.05, 0.1) is 16.3 Å². The lowest BCUT2D eigenvalue weighted by atomic mass is 9.74. The van der Waals surface area contributed by atoms with Crippen LogP contribution in [0.1, 0.15) is 51.8 Å². The number of nitrogens with one attached hydrogen (secondary N) is 1. The predicted octanol–water partition coefficient (Wildman–Crippen LogP) is 6.41. The molecule has 0 saturated carbocycles. The van der Waals surface area contributed by atoms with E-state index in [1.807, 2.05) is 24.3 Å². The molecule has 8 nitrogen and oxygen atoms in total. The molecule has 1 aliphatic carbocycles. The van der Waals surface area contributed by atoms with Gasteiger partial charge < -0.3 is 9.73 Å². The number of hydrogen-bond acceptors (Lipinski definition) is 6. The fraction of sp³-hybridized carbons (Fsp3) is 0.286. The molecule has 1 aromatic heterocycles. The fourth-order valence-corrected chi connectivity index (χ4v) is 5.10. The van der Waals surface area contributed by atoms with Crippen LogP contribution in [0.2, 0.25) is 0 Å². The Hall–Kier alpha value is -4.20. The number of para-hydroxylation sites is 2. The van der Waals surface area contributed by atoms with Gasteiger partial charge in [0.25, 0.3) is 5.69 Å². The number of nitro groups is 1. The van der Waals surface area contributed by atoms with Crippen LogP contribution in [-0.2, 0) is 9.59 Å². The first kappa shape index (κ1) is 23.5. The third-order valence-electron chi connectivity index (χ3n) is 6.73. The summed E-state index contributed by atoms with van der Waals surface area (Å²) in [5.41, 5.74) is 3.22. The molecular formula is C28H27N3O5. The molecule has 2 aromatic carbocycles. The Kier molecular flexibility index (Phi) is 5.74. The highest BCUT2D eigenvalue weighted by molar-refractivity contribution is 6.06. The highest BCUT2D eigenvalue weighted by Gasteiger charge is 2.44. The molecule has 0 radical (unpaired) electrons. The number of anilines is 2. The largest absolute Gasteiger partial charge is 0.459 e. The third-order valence-corrected chi connectivity index (χ3v) is 6.73. The second kappa shape index (κ2) is 8.78. The molecule has 1 N–H and O–H groups in total. The van der Waals surface area contributed by atoms with Crippen LogP contribution in [0.15, 0.2) is 76.4 Å². The number of Topliss-reactive ketones (excluding diaryl/α,β-unsaturated/α-hetero) is 1. The molecule has 3 aromatic rings. The highest BCUT2D eigenvalue weighted by atomic mass is 16.6. The van der Waals surface area contributed by atoms with Crippen molar-refractivity contribution in [2.75, 3.05) is 10.2 Å². The molecule has 36 heavy (non-hydrogen) atoms. The number of nitrogens with zero attached hydrogens (tertiary/aromatic N) is 2. The van der Waals surface area contributed by atoms with E-state index in [1.165, 1.54) is 12.1 Å². The number of carbonyl (C=O) groups excluding carboxylic acids is 2. The van der Waals surface area contributed by atoms with Crippen LogP contribution in [0.3, 0.4) is 0 Å². The topological polar surface area (TPSA) is 106 Å². The summed E-state index contributed by atoms with van der Waals surface area (Å²) in [6.07, 6.45) is 1.27. The highest BCUT2D eigenvalue weighted by Crippen LogP contribution is 2.49. The number of furan rings is 1.